The van der Waals surface area contributed by atoms with Crippen molar-refractivity contribution in [3.63, 3.8) is 0 Å². The van der Waals surface area contributed by atoms with E-state index in [2.05, 4.69) is 197 Å². The van der Waals surface area contributed by atoms with Crippen molar-refractivity contribution < 1.29 is 0 Å². The van der Waals surface area contributed by atoms with Crippen LogP contribution in [0.3, 0.4) is 0 Å². The summed E-state index contributed by atoms with van der Waals surface area (Å²) in [6, 6.07) is 53.7. The first-order valence-electron chi connectivity index (χ1n) is 17.3. The lowest BCUT2D eigenvalue weighted by Gasteiger charge is -2.31. The van der Waals surface area contributed by atoms with Crippen LogP contribution in [0.5, 0.6) is 0 Å². The number of para-hydroxylation sites is 2. The molecule has 0 N–H and O–H groups in total. The van der Waals surface area contributed by atoms with Gasteiger partial charge in [-0.3, -0.25) is 0 Å². The summed E-state index contributed by atoms with van der Waals surface area (Å²) >= 11 is 0. The second-order valence-electron chi connectivity index (χ2n) is 14.1. The van der Waals surface area contributed by atoms with Crippen LogP contribution in [-0.4, -0.2) is 0 Å². The average Bonchev–Trinajstić information content (AvgIpc) is 3.32. The number of fused-ring (bicyclic) bond motifs is 5. The predicted molar refractivity (Wildman–Crippen MR) is 210 cm³/mol. The van der Waals surface area contributed by atoms with Crippen LogP contribution in [0, 0.1) is 27.7 Å². The van der Waals surface area contributed by atoms with E-state index >= 15 is 0 Å². The highest BCUT2D eigenvalue weighted by Gasteiger charge is 2.38. The summed E-state index contributed by atoms with van der Waals surface area (Å²) in [5.41, 5.74) is 17.2. The smallest absolute Gasteiger partial charge is 0.0543 e. The van der Waals surface area contributed by atoms with E-state index in [9.17, 15) is 0 Å². The lowest BCUT2D eigenvalue weighted by molar-refractivity contribution is 0.661. The van der Waals surface area contributed by atoms with Crippen molar-refractivity contribution in [2.24, 2.45) is 0 Å². The van der Waals surface area contributed by atoms with Gasteiger partial charge in [0.2, 0.25) is 0 Å². The summed E-state index contributed by atoms with van der Waals surface area (Å²) in [5, 5.41) is 2.54. The first kappa shape index (κ1) is 30.7. The predicted octanol–water partition coefficient (Wildman–Crippen LogP) is 13.3. The Bertz CT molecular complexity index is 2380. The molecule has 8 rings (SSSR count). The van der Waals surface area contributed by atoms with Crippen molar-refractivity contribution in [1.29, 1.82) is 0 Å². The first-order valence-corrected chi connectivity index (χ1v) is 17.3. The van der Waals surface area contributed by atoms with Crippen LogP contribution in [0.2, 0.25) is 0 Å². The zero-order valence-electron chi connectivity index (χ0n) is 29.3. The largest absolute Gasteiger partial charge is 0.310 e. The van der Waals surface area contributed by atoms with Crippen LogP contribution in [0.15, 0.2) is 146 Å². The molecule has 0 radical (unpaired) electrons. The van der Waals surface area contributed by atoms with Gasteiger partial charge in [0.25, 0.3) is 0 Å². The van der Waals surface area contributed by atoms with Crippen LogP contribution in [-0.2, 0) is 5.41 Å². The molecule has 1 aliphatic rings. The normalized spacial score (nSPS) is 12.9. The molecule has 2 nitrogen and oxygen atoms in total. The van der Waals surface area contributed by atoms with Crippen molar-refractivity contribution in [3.8, 4) is 11.1 Å². The highest BCUT2D eigenvalue weighted by molar-refractivity contribution is 6.10. The Morgan fingerprint density at radius 3 is 1.55 bits per heavy atom. The molecule has 0 heterocycles. The highest BCUT2D eigenvalue weighted by atomic mass is 15.2. The van der Waals surface area contributed by atoms with Gasteiger partial charge >= 0.3 is 0 Å². The highest BCUT2D eigenvalue weighted by Crippen LogP contribution is 2.56. The van der Waals surface area contributed by atoms with E-state index in [1.165, 1.54) is 89.4 Å². The molecule has 0 bridgehead atoms. The molecular formula is C47H42N2. The van der Waals surface area contributed by atoms with Gasteiger partial charge in [-0.25, -0.2) is 0 Å². The second kappa shape index (κ2) is 11.8. The lowest BCUT2D eigenvalue weighted by atomic mass is 9.81. The maximum absolute atomic E-state index is 2.48. The van der Waals surface area contributed by atoms with E-state index in [1.54, 1.807) is 0 Å². The zero-order chi connectivity index (χ0) is 33.9. The number of anilines is 6. The van der Waals surface area contributed by atoms with Crippen molar-refractivity contribution in [2.45, 2.75) is 47.0 Å². The van der Waals surface area contributed by atoms with Gasteiger partial charge in [0.1, 0.15) is 0 Å². The fourth-order valence-electron chi connectivity index (χ4n) is 7.87. The topological polar surface area (TPSA) is 6.48 Å². The molecule has 0 unspecified atom stereocenters. The summed E-state index contributed by atoms with van der Waals surface area (Å²) in [6.45, 7) is 13.6. The molecule has 0 aromatic heterocycles. The summed E-state index contributed by atoms with van der Waals surface area (Å²) in [6.07, 6.45) is 0. The quantitative estimate of drug-likeness (QED) is 0.180. The Kier molecular flexibility index (Phi) is 7.41. The third-order valence-electron chi connectivity index (χ3n) is 10.4. The molecular weight excluding hydrogens is 593 g/mol. The molecule has 0 saturated carbocycles. The van der Waals surface area contributed by atoms with Crippen molar-refractivity contribution in [3.05, 3.63) is 179 Å². The third kappa shape index (κ3) is 5.11. The van der Waals surface area contributed by atoms with Gasteiger partial charge in [-0.05, 0) is 132 Å². The Morgan fingerprint density at radius 2 is 0.939 bits per heavy atom. The molecule has 7 aromatic rings. The molecule has 2 heteroatoms. The fourth-order valence-corrected chi connectivity index (χ4v) is 7.87. The van der Waals surface area contributed by atoms with Gasteiger partial charge in [0.05, 0.1) is 5.69 Å². The number of hydrogen-bond acceptors (Lipinski definition) is 2. The zero-order valence-corrected chi connectivity index (χ0v) is 29.3. The maximum atomic E-state index is 2.48. The van der Waals surface area contributed by atoms with Crippen LogP contribution < -0.4 is 9.80 Å². The van der Waals surface area contributed by atoms with Gasteiger partial charge in [-0.1, -0.05) is 105 Å². The SMILES string of the molecule is Cc1cccc(N(c2ccc3c(c2)C(C)(C)c2cc(N(c4cccc(C)c4)c4ccccc4C)c4ccccc4c2-3)c2ccccc2C)c1. The van der Waals surface area contributed by atoms with Crippen molar-refractivity contribution >= 4 is 44.9 Å². The van der Waals surface area contributed by atoms with Crippen molar-refractivity contribution in [2.75, 3.05) is 9.80 Å². The number of rotatable bonds is 6. The van der Waals surface area contributed by atoms with Gasteiger partial charge in [0, 0.05) is 39.2 Å². The molecule has 0 saturated heterocycles. The third-order valence-corrected chi connectivity index (χ3v) is 10.4. The fraction of sp³-hybridized carbons (Fsp3) is 0.149. The van der Waals surface area contributed by atoms with Crippen LogP contribution in [0.25, 0.3) is 21.9 Å². The summed E-state index contributed by atoms with van der Waals surface area (Å²) < 4.78 is 0. The summed E-state index contributed by atoms with van der Waals surface area (Å²) in [4.78, 5) is 4.88. The molecule has 0 spiro atoms. The van der Waals surface area contributed by atoms with E-state index < -0.39 is 0 Å². The monoisotopic (exact) mass is 634 g/mol. The van der Waals surface area contributed by atoms with E-state index in [0.717, 1.165) is 0 Å². The van der Waals surface area contributed by atoms with Gasteiger partial charge in [-0.2, -0.15) is 0 Å². The van der Waals surface area contributed by atoms with Crippen LogP contribution >= 0.6 is 0 Å². The Balaban J connectivity index is 1.36. The lowest BCUT2D eigenvalue weighted by Crippen LogP contribution is -2.18. The molecule has 0 fully saturated rings. The Hall–Kier alpha value is -5.60. The molecule has 0 aliphatic heterocycles. The molecule has 7 aromatic carbocycles. The number of nitrogens with zero attached hydrogens (tertiary/aromatic N) is 2. The summed E-state index contributed by atoms with van der Waals surface area (Å²) in [7, 11) is 0. The number of hydrogen-bond donors (Lipinski definition) is 0. The van der Waals surface area contributed by atoms with E-state index in [1.807, 2.05) is 0 Å². The standard InChI is InChI=1S/C47H42N2/c1-31-15-13-19-35(27-31)48(43-23-11-7-17-33(43)3)37-25-26-40-41(29-37)47(5,6)42-30-45(38-21-9-10-22-39(38)46(40)42)49(36-20-14-16-32(2)28-36)44-24-12-8-18-34(44)4/h7-30H,1-6H3. The molecule has 0 amide bonds. The first-order chi connectivity index (χ1) is 23.7. The number of benzene rings is 7. The van der Waals surface area contributed by atoms with Crippen LogP contribution in [0.4, 0.5) is 34.1 Å². The Morgan fingerprint density at radius 1 is 0.408 bits per heavy atom. The van der Waals surface area contributed by atoms with E-state index in [0.29, 0.717) is 0 Å². The molecule has 49 heavy (non-hydrogen) atoms. The van der Waals surface area contributed by atoms with Gasteiger partial charge < -0.3 is 9.80 Å². The minimum absolute atomic E-state index is 0.229. The molecule has 0 atom stereocenters. The van der Waals surface area contributed by atoms with Gasteiger partial charge in [0.15, 0.2) is 0 Å². The maximum Gasteiger partial charge on any atom is 0.0543 e. The average molecular weight is 635 g/mol. The Labute approximate surface area is 290 Å². The van der Waals surface area contributed by atoms with E-state index in [-0.39, 0.29) is 5.41 Å². The van der Waals surface area contributed by atoms with Crippen molar-refractivity contribution in [1.82, 2.24) is 0 Å². The van der Waals surface area contributed by atoms with Crippen LogP contribution in [0.1, 0.15) is 47.2 Å². The minimum atomic E-state index is -0.229. The minimum Gasteiger partial charge on any atom is -0.310 e. The molecule has 1 aliphatic carbocycles. The van der Waals surface area contributed by atoms with E-state index in [4.69, 9.17) is 0 Å². The van der Waals surface area contributed by atoms with Gasteiger partial charge in [-0.15, -0.1) is 0 Å². The second-order valence-corrected chi connectivity index (χ2v) is 14.1. The summed E-state index contributed by atoms with van der Waals surface area (Å²) in [5.74, 6) is 0. The number of aryl methyl sites for hydroxylation is 4. The molecule has 240 valence electrons.